The van der Waals surface area contributed by atoms with Gasteiger partial charge in [0.1, 0.15) is 11.5 Å². The van der Waals surface area contributed by atoms with Crippen molar-refractivity contribution >= 4 is 15.9 Å². The Morgan fingerprint density at radius 1 is 1.47 bits per heavy atom. The second-order valence-corrected chi connectivity index (χ2v) is 5.32. The fraction of sp³-hybridized carbons (Fsp3) is 0.333. The lowest BCUT2D eigenvalue weighted by Gasteiger charge is -2.18. The molecule has 5 nitrogen and oxygen atoms in total. The van der Waals surface area contributed by atoms with Crippen LogP contribution in [0.25, 0.3) is 0 Å². The molecule has 0 bridgehead atoms. The van der Waals surface area contributed by atoms with Gasteiger partial charge in [-0.25, -0.2) is 8.78 Å². The molecule has 0 amide bonds. The minimum Gasteiger partial charge on any atom is -0.503 e. The van der Waals surface area contributed by atoms with Gasteiger partial charge in [-0.1, -0.05) is 0 Å². The molecule has 1 aromatic rings. The SMILES string of the molecule is Cc1c(F)cc(N2CCNS2(=O)=O)c(O)c1F. The van der Waals surface area contributed by atoms with Gasteiger partial charge in [0.25, 0.3) is 0 Å². The van der Waals surface area contributed by atoms with Crippen molar-refractivity contribution in [3.05, 3.63) is 23.3 Å². The molecule has 8 heteroatoms. The fourth-order valence-electron chi connectivity index (χ4n) is 1.61. The molecule has 94 valence electrons. The van der Waals surface area contributed by atoms with Gasteiger partial charge in [0.15, 0.2) is 11.6 Å². The van der Waals surface area contributed by atoms with Crippen LogP contribution in [0.4, 0.5) is 14.5 Å². The number of nitrogens with one attached hydrogen (secondary N) is 1. The fourth-order valence-corrected chi connectivity index (χ4v) is 2.84. The van der Waals surface area contributed by atoms with Crippen LogP contribution in [0.15, 0.2) is 6.07 Å². The minimum absolute atomic E-state index is 0.0117. The number of anilines is 1. The Kier molecular flexibility index (Phi) is 2.70. The molecule has 0 radical (unpaired) electrons. The summed E-state index contributed by atoms with van der Waals surface area (Å²) in [4.78, 5) is 0. The normalized spacial score (nSPS) is 18.6. The van der Waals surface area contributed by atoms with E-state index in [4.69, 9.17) is 0 Å². The van der Waals surface area contributed by atoms with Crippen LogP contribution in [-0.2, 0) is 10.2 Å². The summed E-state index contributed by atoms with van der Waals surface area (Å²) in [6.45, 7) is 1.29. The predicted octanol–water partition coefficient (Wildman–Crippen LogP) is 0.633. The van der Waals surface area contributed by atoms with Crippen LogP contribution < -0.4 is 9.03 Å². The van der Waals surface area contributed by atoms with E-state index in [1.54, 1.807) is 0 Å². The van der Waals surface area contributed by atoms with Crippen molar-refractivity contribution in [2.45, 2.75) is 6.92 Å². The van der Waals surface area contributed by atoms with E-state index in [1.165, 1.54) is 0 Å². The third-order valence-electron chi connectivity index (χ3n) is 2.56. The second kappa shape index (κ2) is 3.81. The first-order valence-electron chi connectivity index (χ1n) is 4.79. The molecule has 1 saturated heterocycles. The van der Waals surface area contributed by atoms with Crippen molar-refractivity contribution in [2.24, 2.45) is 0 Å². The second-order valence-electron chi connectivity index (χ2n) is 3.64. The van der Waals surface area contributed by atoms with Gasteiger partial charge in [-0.05, 0) is 6.92 Å². The van der Waals surface area contributed by atoms with Crippen molar-refractivity contribution < 1.29 is 22.3 Å². The molecule has 0 spiro atoms. The third-order valence-corrected chi connectivity index (χ3v) is 4.09. The van der Waals surface area contributed by atoms with E-state index in [2.05, 4.69) is 4.72 Å². The van der Waals surface area contributed by atoms with Crippen LogP contribution >= 0.6 is 0 Å². The summed E-state index contributed by atoms with van der Waals surface area (Å²) in [6.07, 6.45) is 0. The number of phenolic OH excluding ortho intramolecular Hbond substituents is 1. The van der Waals surface area contributed by atoms with E-state index in [9.17, 15) is 22.3 Å². The molecule has 1 aromatic carbocycles. The van der Waals surface area contributed by atoms with Crippen molar-refractivity contribution in [2.75, 3.05) is 17.4 Å². The van der Waals surface area contributed by atoms with Gasteiger partial charge >= 0.3 is 10.2 Å². The number of phenols is 1. The first-order chi connectivity index (χ1) is 7.84. The zero-order chi connectivity index (χ0) is 12.8. The average Bonchev–Trinajstić information content (AvgIpc) is 2.60. The van der Waals surface area contributed by atoms with Gasteiger partial charge in [-0.2, -0.15) is 13.1 Å². The highest BCUT2D eigenvalue weighted by atomic mass is 32.2. The van der Waals surface area contributed by atoms with Crippen LogP contribution in [-0.4, -0.2) is 26.6 Å². The van der Waals surface area contributed by atoms with Gasteiger partial charge in [-0.3, -0.25) is 4.31 Å². The van der Waals surface area contributed by atoms with E-state index in [-0.39, 0.29) is 18.7 Å². The largest absolute Gasteiger partial charge is 0.503 e. The maximum Gasteiger partial charge on any atom is 0.301 e. The first kappa shape index (κ1) is 12.1. The summed E-state index contributed by atoms with van der Waals surface area (Å²) in [5.74, 6) is -2.92. The summed E-state index contributed by atoms with van der Waals surface area (Å²) in [6, 6.07) is 0.804. The lowest BCUT2D eigenvalue weighted by atomic mass is 10.2. The molecule has 2 N–H and O–H groups in total. The topological polar surface area (TPSA) is 69.6 Å². The van der Waals surface area contributed by atoms with Crippen LogP contribution in [0.2, 0.25) is 0 Å². The van der Waals surface area contributed by atoms with Crippen molar-refractivity contribution in [3.8, 4) is 5.75 Å². The molecule has 1 fully saturated rings. The highest BCUT2D eigenvalue weighted by Crippen LogP contribution is 2.35. The molecule has 0 saturated carbocycles. The predicted molar refractivity (Wildman–Crippen MR) is 57.0 cm³/mol. The lowest BCUT2D eigenvalue weighted by molar-refractivity contribution is 0.425. The summed E-state index contributed by atoms with van der Waals surface area (Å²) in [7, 11) is -3.82. The van der Waals surface area contributed by atoms with Crippen LogP contribution in [0.1, 0.15) is 5.56 Å². The van der Waals surface area contributed by atoms with E-state index in [0.29, 0.717) is 0 Å². The lowest BCUT2D eigenvalue weighted by Crippen LogP contribution is -2.29. The quantitative estimate of drug-likeness (QED) is 0.781. The molecule has 0 unspecified atom stereocenters. The Hall–Kier alpha value is -1.41. The van der Waals surface area contributed by atoms with Gasteiger partial charge < -0.3 is 5.11 Å². The third kappa shape index (κ3) is 1.83. The molecule has 0 atom stereocenters. The zero-order valence-electron chi connectivity index (χ0n) is 8.87. The zero-order valence-corrected chi connectivity index (χ0v) is 9.68. The van der Waals surface area contributed by atoms with E-state index in [1.807, 2.05) is 0 Å². The number of rotatable bonds is 1. The Morgan fingerprint density at radius 2 is 2.12 bits per heavy atom. The number of aromatic hydroxyl groups is 1. The summed E-state index contributed by atoms with van der Waals surface area (Å²) in [5.41, 5.74) is -0.744. The number of benzene rings is 1. The van der Waals surface area contributed by atoms with Crippen LogP contribution in [0.5, 0.6) is 5.75 Å². The Labute approximate surface area is 96.9 Å². The number of halogens is 2. The van der Waals surface area contributed by atoms with Crippen molar-refractivity contribution in [1.82, 2.24) is 4.72 Å². The molecule has 1 aliphatic rings. The monoisotopic (exact) mass is 264 g/mol. The standard InChI is InChI=1S/C9H10F2N2O3S/c1-5-6(10)4-7(9(14)8(5)11)13-3-2-12-17(13,15)16/h4,12,14H,2-3H2,1H3. The molecule has 0 aromatic heterocycles. The Bertz CT molecular complexity index is 574. The van der Waals surface area contributed by atoms with Gasteiger partial charge in [0.2, 0.25) is 0 Å². The van der Waals surface area contributed by atoms with E-state index in [0.717, 1.165) is 17.3 Å². The summed E-state index contributed by atoms with van der Waals surface area (Å²) < 4.78 is 52.6. The van der Waals surface area contributed by atoms with Crippen LogP contribution in [0, 0.1) is 18.6 Å². The van der Waals surface area contributed by atoms with Crippen molar-refractivity contribution in [1.29, 1.82) is 0 Å². The molecular weight excluding hydrogens is 254 g/mol. The highest BCUT2D eigenvalue weighted by Gasteiger charge is 2.32. The van der Waals surface area contributed by atoms with Crippen LogP contribution in [0.3, 0.4) is 0 Å². The van der Waals surface area contributed by atoms with E-state index < -0.39 is 33.3 Å². The highest BCUT2D eigenvalue weighted by molar-refractivity contribution is 7.91. The van der Waals surface area contributed by atoms with Gasteiger partial charge in [0.05, 0.1) is 0 Å². The molecule has 0 aliphatic carbocycles. The minimum atomic E-state index is -3.82. The molecule has 2 rings (SSSR count). The molecular formula is C9H10F2N2O3S. The number of nitrogens with zero attached hydrogens (tertiary/aromatic N) is 1. The Morgan fingerprint density at radius 3 is 2.65 bits per heavy atom. The summed E-state index contributed by atoms with van der Waals surface area (Å²) in [5, 5.41) is 9.52. The molecule has 1 aliphatic heterocycles. The number of hydrogen-bond acceptors (Lipinski definition) is 3. The maximum atomic E-state index is 13.4. The number of hydrogen-bond donors (Lipinski definition) is 2. The average molecular weight is 264 g/mol. The van der Waals surface area contributed by atoms with Gasteiger partial charge in [0, 0.05) is 24.7 Å². The Balaban J connectivity index is 2.61. The van der Waals surface area contributed by atoms with E-state index >= 15 is 0 Å². The van der Waals surface area contributed by atoms with Crippen molar-refractivity contribution in [3.63, 3.8) is 0 Å². The van der Waals surface area contributed by atoms with Gasteiger partial charge in [-0.15, -0.1) is 0 Å². The molecule has 1 heterocycles. The first-order valence-corrected chi connectivity index (χ1v) is 6.23. The maximum absolute atomic E-state index is 13.4. The summed E-state index contributed by atoms with van der Waals surface area (Å²) >= 11 is 0. The smallest absolute Gasteiger partial charge is 0.301 e. The molecule has 17 heavy (non-hydrogen) atoms.